The van der Waals surface area contributed by atoms with Crippen molar-refractivity contribution in [2.45, 2.75) is 32.9 Å². The molecule has 0 spiro atoms. The number of rotatable bonds is 8. The van der Waals surface area contributed by atoms with Crippen molar-refractivity contribution in [2.75, 3.05) is 20.3 Å². The highest BCUT2D eigenvalue weighted by atomic mass is 79.9. The Morgan fingerprint density at radius 2 is 1.79 bits per heavy atom. The summed E-state index contributed by atoms with van der Waals surface area (Å²) in [5, 5.41) is 3.40. The summed E-state index contributed by atoms with van der Waals surface area (Å²) in [6, 6.07) is 4.65. The fourth-order valence-electron chi connectivity index (χ4n) is 1.55. The van der Waals surface area contributed by atoms with Crippen molar-refractivity contribution in [1.82, 2.24) is 5.32 Å². The van der Waals surface area contributed by atoms with Gasteiger partial charge in [-0.05, 0) is 49.6 Å². The van der Waals surface area contributed by atoms with Gasteiger partial charge in [0.15, 0.2) is 0 Å². The van der Waals surface area contributed by atoms with E-state index in [0.717, 1.165) is 27.7 Å². The number of methoxy groups -OCH3 is 1. The third kappa shape index (κ3) is 6.25. The van der Waals surface area contributed by atoms with Crippen LogP contribution in [0.25, 0.3) is 0 Å². The van der Waals surface area contributed by atoms with Crippen LogP contribution in [0, 0.1) is 0 Å². The van der Waals surface area contributed by atoms with E-state index < -0.39 is 0 Å². The van der Waals surface area contributed by atoms with Crippen molar-refractivity contribution >= 4 is 31.9 Å². The second kappa shape index (κ2) is 8.95. The second-order valence-corrected chi connectivity index (χ2v) is 6.33. The number of hydrogen-bond donors (Lipinski definition) is 1. The molecule has 0 unspecified atom stereocenters. The van der Waals surface area contributed by atoms with Crippen molar-refractivity contribution < 1.29 is 9.47 Å². The summed E-state index contributed by atoms with van der Waals surface area (Å²) >= 11 is 7.12. The molecule has 0 amide bonds. The van der Waals surface area contributed by atoms with Crippen molar-refractivity contribution in [3.8, 4) is 5.75 Å². The molecule has 3 nitrogen and oxygen atoms in total. The Morgan fingerprint density at radius 3 is 2.32 bits per heavy atom. The molecule has 1 aromatic rings. The third-order valence-electron chi connectivity index (χ3n) is 2.51. The van der Waals surface area contributed by atoms with E-state index in [9.17, 15) is 0 Å². The van der Waals surface area contributed by atoms with E-state index in [-0.39, 0.29) is 0 Å². The molecule has 0 radical (unpaired) electrons. The molecule has 0 heterocycles. The van der Waals surface area contributed by atoms with E-state index in [0.29, 0.717) is 19.3 Å². The number of hydrogen-bond acceptors (Lipinski definition) is 3. The molecule has 108 valence electrons. The van der Waals surface area contributed by atoms with Gasteiger partial charge in [-0.2, -0.15) is 0 Å². The van der Waals surface area contributed by atoms with Gasteiger partial charge >= 0.3 is 0 Å². The first-order valence-electron chi connectivity index (χ1n) is 6.37. The monoisotopic (exact) mass is 393 g/mol. The van der Waals surface area contributed by atoms with E-state index in [1.807, 2.05) is 0 Å². The average molecular weight is 395 g/mol. The smallest absolute Gasteiger partial charge is 0.147 e. The summed E-state index contributed by atoms with van der Waals surface area (Å²) in [4.78, 5) is 0. The highest BCUT2D eigenvalue weighted by molar-refractivity contribution is 9.11. The fraction of sp³-hybridized carbons (Fsp3) is 0.571. The second-order valence-electron chi connectivity index (χ2n) is 4.62. The van der Waals surface area contributed by atoms with Gasteiger partial charge in [-0.1, -0.05) is 13.8 Å². The highest BCUT2D eigenvalue weighted by Crippen LogP contribution is 2.34. The lowest BCUT2D eigenvalue weighted by molar-refractivity contribution is 0.171. The van der Waals surface area contributed by atoms with Crippen LogP contribution in [-0.2, 0) is 11.3 Å². The van der Waals surface area contributed by atoms with Gasteiger partial charge in [0.1, 0.15) is 5.75 Å². The molecule has 0 fully saturated rings. The van der Waals surface area contributed by atoms with Crippen LogP contribution in [0.4, 0.5) is 0 Å². The lowest BCUT2D eigenvalue weighted by Crippen LogP contribution is -2.21. The molecule has 1 N–H and O–H groups in total. The molecule has 0 saturated heterocycles. The molecule has 1 aromatic carbocycles. The first-order valence-corrected chi connectivity index (χ1v) is 7.96. The van der Waals surface area contributed by atoms with Crippen molar-refractivity contribution in [3.63, 3.8) is 0 Å². The van der Waals surface area contributed by atoms with E-state index >= 15 is 0 Å². The molecule has 19 heavy (non-hydrogen) atoms. The van der Waals surface area contributed by atoms with Crippen LogP contribution in [0.15, 0.2) is 21.1 Å². The van der Waals surface area contributed by atoms with Gasteiger partial charge in [-0.25, -0.2) is 0 Å². The Balaban J connectivity index is 2.63. The molecule has 0 atom stereocenters. The number of halogens is 2. The van der Waals surface area contributed by atoms with Gasteiger partial charge < -0.3 is 14.8 Å². The molecule has 1 rings (SSSR count). The minimum atomic E-state index is 0.475. The zero-order chi connectivity index (χ0) is 14.3. The van der Waals surface area contributed by atoms with Crippen molar-refractivity contribution in [3.05, 3.63) is 26.6 Å². The lowest BCUT2D eigenvalue weighted by atomic mass is 10.2. The van der Waals surface area contributed by atoms with E-state index in [4.69, 9.17) is 9.47 Å². The zero-order valence-electron chi connectivity index (χ0n) is 11.6. The zero-order valence-corrected chi connectivity index (χ0v) is 14.8. The van der Waals surface area contributed by atoms with E-state index in [2.05, 4.69) is 63.2 Å². The molecule has 0 aliphatic rings. The van der Waals surface area contributed by atoms with E-state index in [1.54, 1.807) is 7.11 Å². The Hall–Kier alpha value is -0.100. The summed E-state index contributed by atoms with van der Waals surface area (Å²) in [6.07, 6.45) is 0.881. The van der Waals surface area contributed by atoms with Crippen LogP contribution >= 0.6 is 31.9 Å². The Bertz CT molecular complexity index is 374. The molecular weight excluding hydrogens is 374 g/mol. The molecule has 0 aliphatic carbocycles. The molecule has 0 aliphatic heterocycles. The van der Waals surface area contributed by atoms with Gasteiger partial charge in [0.25, 0.3) is 0 Å². The Morgan fingerprint density at radius 1 is 1.16 bits per heavy atom. The minimum Gasteiger partial charge on any atom is -0.491 e. The Labute approximate surface area is 132 Å². The maximum Gasteiger partial charge on any atom is 0.147 e. The van der Waals surface area contributed by atoms with Crippen molar-refractivity contribution in [1.29, 1.82) is 0 Å². The van der Waals surface area contributed by atoms with Crippen LogP contribution < -0.4 is 10.1 Å². The molecule has 0 aromatic heterocycles. The highest BCUT2D eigenvalue weighted by Gasteiger charge is 2.09. The van der Waals surface area contributed by atoms with Crippen LogP contribution in [0.3, 0.4) is 0 Å². The van der Waals surface area contributed by atoms with Gasteiger partial charge in [0, 0.05) is 32.7 Å². The quantitative estimate of drug-likeness (QED) is 0.672. The SMILES string of the molecule is COCCCOc1c(Br)cc(CNC(C)C)cc1Br. The summed E-state index contributed by atoms with van der Waals surface area (Å²) in [5.74, 6) is 0.851. The third-order valence-corrected chi connectivity index (χ3v) is 3.69. The molecule has 0 bridgehead atoms. The van der Waals surface area contributed by atoms with Crippen LogP contribution in [-0.4, -0.2) is 26.4 Å². The molecule has 5 heteroatoms. The van der Waals surface area contributed by atoms with Gasteiger partial charge in [0.05, 0.1) is 15.6 Å². The van der Waals surface area contributed by atoms with Gasteiger partial charge in [0.2, 0.25) is 0 Å². The maximum atomic E-state index is 5.76. The predicted octanol–water partition coefficient (Wildman–Crippen LogP) is 4.12. The number of benzene rings is 1. The summed E-state index contributed by atoms with van der Waals surface area (Å²) in [5.41, 5.74) is 1.22. The largest absolute Gasteiger partial charge is 0.491 e. The summed E-state index contributed by atoms with van der Waals surface area (Å²) in [7, 11) is 1.70. The number of nitrogens with one attached hydrogen (secondary N) is 1. The van der Waals surface area contributed by atoms with Gasteiger partial charge in [-0.3, -0.25) is 0 Å². The molecule has 0 saturated carbocycles. The van der Waals surface area contributed by atoms with Crippen LogP contribution in [0.5, 0.6) is 5.75 Å². The lowest BCUT2D eigenvalue weighted by Gasteiger charge is -2.13. The van der Waals surface area contributed by atoms with Crippen molar-refractivity contribution in [2.24, 2.45) is 0 Å². The predicted molar refractivity (Wildman–Crippen MR) is 85.8 cm³/mol. The Kier molecular flexibility index (Phi) is 7.99. The minimum absolute atomic E-state index is 0.475. The average Bonchev–Trinajstić information content (AvgIpc) is 2.34. The standard InChI is InChI=1S/C14H21Br2NO2/c1-10(2)17-9-11-7-12(15)14(13(16)8-11)19-6-4-5-18-3/h7-8,10,17H,4-6,9H2,1-3H3. The topological polar surface area (TPSA) is 30.5 Å². The normalized spacial score (nSPS) is 11.1. The molecular formula is C14H21Br2NO2. The summed E-state index contributed by atoms with van der Waals surface area (Å²) in [6.45, 7) is 6.48. The summed E-state index contributed by atoms with van der Waals surface area (Å²) < 4.78 is 12.7. The first kappa shape index (κ1) is 17.0. The first-order chi connectivity index (χ1) is 9.04. The maximum absolute atomic E-state index is 5.76. The van der Waals surface area contributed by atoms with Crippen LogP contribution in [0.1, 0.15) is 25.8 Å². The van der Waals surface area contributed by atoms with Crippen LogP contribution in [0.2, 0.25) is 0 Å². The fourth-order valence-corrected chi connectivity index (χ4v) is 3.06. The van der Waals surface area contributed by atoms with E-state index in [1.165, 1.54) is 5.56 Å². The number of ether oxygens (including phenoxy) is 2. The van der Waals surface area contributed by atoms with Gasteiger partial charge in [-0.15, -0.1) is 0 Å².